The normalized spacial score (nSPS) is 15.0. The van der Waals surface area contributed by atoms with E-state index in [0.717, 1.165) is 30.7 Å². The quantitative estimate of drug-likeness (QED) is 0.611. The number of rotatable bonds is 6. The number of methoxy groups -OCH3 is 1. The average molecular weight is 441 g/mol. The number of aromatic carboxylic acids is 1. The fraction of sp³-hybridized carbons (Fsp3) is 0.333. The molecule has 10 heteroatoms. The van der Waals surface area contributed by atoms with E-state index in [1.807, 2.05) is 0 Å². The Balaban J connectivity index is 1.96. The van der Waals surface area contributed by atoms with Gasteiger partial charge in [-0.2, -0.15) is 13.2 Å². The number of benzene rings is 2. The average Bonchev–Trinajstić information content (AvgIpc) is 2.68. The lowest BCUT2D eigenvalue weighted by Gasteiger charge is -2.28. The van der Waals surface area contributed by atoms with Crippen LogP contribution in [0, 0.1) is 5.82 Å². The largest absolute Gasteiger partial charge is 0.496 e. The molecule has 1 saturated carbocycles. The smallest absolute Gasteiger partial charge is 0.429 e. The third-order valence-corrected chi connectivity index (χ3v) is 4.98. The van der Waals surface area contributed by atoms with Crippen molar-refractivity contribution >= 4 is 12.1 Å². The van der Waals surface area contributed by atoms with E-state index in [4.69, 9.17) is 4.74 Å². The Kier molecular flexibility index (Phi) is 6.37. The van der Waals surface area contributed by atoms with Gasteiger partial charge in [0.15, 0.2) is 0 Å². The van der Waals surface area contributed by atoms with Gasteiger partial charge in [0.1, 0.15) is 17.1 Å². The van der Waals surface area contributed by atoms with Gasteiger partial charge in [-0.25, -0.2) is 14.0 Å². The maximum atomic E-state index is 14.4. The minimum absolute atomic E-state index is 0.0111. The van der Waals surface area contributed by atoms with Crippen LogP contribution in [-0.4, -0.2) is 36.5 Å². The molecule has 2 N–H and O–H groups in total. The summed E-state index contributed by atoms with van der Waals surface area (Å²) >= 11 is 0. The Hall–Kier alpha value is -3.30. The minimum Gasteiger partial charge on any atom is -0.496 e. The lowest BCUT2D eigenvalue weighted by molar-refractivity contribution is -0.206. The van der Waals surface area contributed by atoms with E-state index in [-0.39, 0.29) is 28.5 Å². The van der Waals surface area contributed by atoms with Crippen molar-refractivity contribution in [2.75, 3.05) is 7.11 Å². The van der Waals surface area contributed by atoms with Crippen LogP contribution in [0.1, 0.15) is 41.3 Å². The van der Waals surface area contributed by atoms with E-state index in [2.05, 4.69) is 10.1 Å². The summed E-state index contributed by atoms with van der Waals surface area (Å²) in [7, 11) is 1.25. The van der Waals surface area contributed by atoms with Crippen LogP contribution in [0.4, 0.5) is 22.4 Å². The number of carboxylic acid groups (broad SMARTS) is 1. The third kappa shape index (κ3) is 5.07. The summed E-state index contributed by atoms with van der Waals surface area (Å²) in [4.78, 5) is 23.3. The van der Waals surface area contributed by atoms with Crippen LogP contribution in [0.25, 0.3) is 11.1 Å². The molecule has 166 valence electrons. The van der Waals surface area contributed by atoms with Gasteiger partial charge in [0.25, 0.3) is 0 Å². The molecule has 2 aromatic carbocycles. The van der Waals surface area contributed by atoms with Crippen LogP contribution < -0.4 is 10.1 Å². The molecule has 31 heavy (non-hydrogen) atoms. The summed E-state index contributed by atoms with van der Waals surface area (Å²) in [5.41, 5.74) is -1.04. The first-order valence-corrected chi connectivity index (χ1v) is 9.35. The first kappa shape index (κ1) is 22.4. The van der Waals surface area contributed by atoms with Gasteiger partial charge in [0, 0.05) is 17.2 Å². The molecule has 1 atom stereocenters. The van der Waals surface area contributed by atoms with Crippen LogP contribution >= 0.6 is 0 Å². The second-order valence-corrected chi connectivity index (χ2v) is 7.06. The van der Waals surface area contributed by atoms with Crippen molar-refractivity contribution in [2.24, 2.45) is 0 Å². The Morgan fingerprint density at radius 1 is 1.16 bits per heavy atom. The second-order valence-electron chi connectivity index (χ2n) is 7.06. The van der Waals surface area contributed by atoms with Gasteiger partial charge in [-0.1, -0.05) is 12.1 Å². The van der Waals surface area contributed by atoms with Crippen molar-refractivity contribution in [3.05, 3.63) is 53.3 Å². The van der Waals surface area contributed by atoms with Crippen LogP contribution in [0.2, 0.25) is 0 Å². The molecule has 0 spiro atoms. The lowest BCUT2D eigenvalue weighted by atomic mass is 9.93. The van der Waals surface area contributed by atoms with Gasteiger partial charge in [-0.15, -0.1) is 0 Å². The SMILES string of the molecule is COc1ccc(-c2cc(C(OC(=O)NC3CCC3)C(F)(F)F)ccc2F)cc1C(=O)O. The molecule has 1 aliphatic carbocycles. The highest BCUT2D eigenvalue weighted by molar-refractivity contribution is 5.92. The third-order valence-electron chi connectivity index (χ3n) is 4.98. The number of carboxylic acids is 1. The number of hydrogen-bond donors (Lipinski definition) is 2. The molecule has 1 amide bonds. The van der Waals surface area contributed by atoms with E-state index in [1.165, 1.54) is 19.2 Å². The van der Waals surface area contributed by atoms with Crippen LogP contribution in [0.5, 0.6) is 5.75 Å². The van der Waals surface area contributed by atoms with Crippen molar-refractivity contribution in [1.29, 1.82) is 0 Å². The molecule has 0 aliphatic heterocycles. The van der Waals surface area contributed by atoms with Gasteiger partial charge < -0.3 is 19.9 Å². The number of amides is 1. The van der Waals surface area contributed by atoms with Gasteiger partial charge in [-0.3, -0.25) is 0 Å². The molecule has 1 aliphatic rings. The van der Waals surface area contributed by atoms with E-state index in [9.17, 15) is 32.3 Å². The van der Waals surface area contributed by atoms with Gasteiger partial charge in [-0.05, 0) is 49.1 Å². The molecule has 6 nitrogen and oxygen atoms in total. The van der Waals surface area contributed by atoms with Crippen molar-refractivity contribution in [3.8, 4) is 16.9 Å². The molecular weight excluding hydrogens is 422 g/mol. The zero-order chi connectivity index (χ0) is 22.8. The first-order valence-electron chi connectivity index (χ1n) is 9.35. The number of carbonyl (C=O) groups is 2. The number of alkyl halides is 3. The maximum absolute atomic E-state index is 14.4. The topological polar surface area (TPSA) is 84.9 Å². The van der Waals surface area contributed by atoms with Gasteiger partial charge in [0.05, 0.1) is 7.11 Å². The molecule has 3 rings (SSSR count). The van der Waals surface area contributed by atoms with E-state index in [1.54, 1.807) is 0 Å². The Morgan fingerprint density at radius 3 is 2.42 bits per heavy atom. The minimum atomic E-state index is -4.95. The van der Waals surface area contributed by atoms with Crippen molar-refractivity contribution in [1.82, 2.24) is 5.32 Å². The fourth-order valence-corrected chi connectivity index (χ4v) is 3.15. The van der Waals surface area contributed by atoms with Crippen molar-refractivity contribution < 1.29 is 41.7 Å². The molecule has 0 saturated heterocycles. The zero-order valence-corrected chi connectivity index (χ0v) is 16.3. The van der Waals surface area contributed by atoms with Crippen molar-refractivity contribution in [2.45, 2.75) is 37.6 Å². The van der Waals surface area contributed by atoms with E-state index >= 15 is 0 Å². The summed E-state index contributed by atoms with van der Waals surface area (Å²) in [6.45, 7) is 0. The monoisotopic (exact) mass is 441 g/mol. The summed E-state index contributed by atoms with van der Waals surface area (Å²) < 4.78 is 64.8. The number of ether oxygens (including phenoxy) is 2. The Morgan fingerprint density at radius 2 is 1.87 bits per heavy atom. The number of carbonyl (C=O) groups excluding carboxylic acids is 1. The first-order chi connectivity index (χ1) is 14.6. The molecule has 2 aromatic rings. The standard InChI is InChI=1S/C21H19F4NO5/c1-30-17-8-6-11(9-15(17)19(27)28)14-10-12(5-7-16(14)22)18(21(23,24)25)31-20(29)26-13-3-2-4-13/h5-10,13,18H,2-4H2,1H3,(H,26,29)(H,27,28). The predicted octanol–water partition coefficient (Wildman–Crippen LogP) is 5.08. The molecule has 0 heterocycles. The van der Waals surface area contributed by atoms with E-state index < -0.39 is 35.7 Å². The van der Waals surface area contributed by atoms with Crippen LogP contribution in [0.15, 0.2) is 36.4 Å². The number of nitrogens with one attached hydrogen (secondary N) is 1. The van der Waals surface area contributed by atoms with Gasteiger partial charge in [0.2, 0.25) is 6.10 Å². The maximum Gasteiger partial charge on any atom is 0.429 e. The van der Waals surface area contributed by atoms with E-state index in [0.29, 0.717) is 12.8 Å². The van der Waals surface area contributed by atoms with Crippen LogP contribution in [-0.2, 0) is 4.74 Å². The summed E-state index contributed by atoms with van der Waals surface area (Å²) in [6, 6.07) is 6.03. The number of halogens is 4. The molecule has 1 unspecified atom stereocenters. The molecule has 0 aromatic heterocycles. The lowest BCUT2D eigenvalue weighted by Crippen LogP contribution is -2.41. The summed E-state index contributed by atoms with van der Waals surface area (Å²) in [6.07, 6.45) is -6.58. The number of alkyl carbamates (subject to hydrolysis) is 1. The fourth-order valence-electron chi connectivity index (χ4n) is 3.15. The Bertz CT molecular complexity index is 988. The molecule has 0 bridgehead atoms. The molecule has 0 radical (unpaired) electrons. The molecular formula is C21H19F4NO5. The van der Waals surface area contributed by atoms with Crippen molar-refractivity contribution in [3.63, 3.8) is 0 Å². The van der Waals surface area contributed by atoms with Gasteiger partial charge >= 0.3 is 18.2 Å². The number of hydrogen-bond acceptors (Lipinski definition) is 4. The highest BCUT2D eigenvalue weighted by Crippen LogP contribution is 2.38. The summed E-state index contributed by atoms with van der Waals surface area (Å²) in [5, 5.41) is 11.7. The van der Waals surface area contributed by atoms with Crippen LogP contribution in [0.3, 0.4) is 0 Å². The molecule has 1 fully saturated rings. The highest BCUT2D eigenvalue weighted by Gasteiger charge is 2.44. The summed E-state index contributed by atoms with van der Waals surface area (Å²) in [5.74, 6) is -2.21. The second kappa shape index (κ2) is 8.83. The predicted molar refractivity (Wildman–Crippen MR) is 101 cm³/mol. The zero-order valence-electron chi connectivity index (χ0n) is 16.3. The highest BCUT2D eigenvalue weighted by atomic mass is 19.4. The Labute approximate surface area is 174 Å².